The van der Waals surface area contributed by atoms with Crippen LogP contribution in [0.25, 0.3) is 10.8 Å². The summed E-state index contributed by atoms with van der Waals surface area (Å²) in [4.78, 5) is 23.9. The minimum absolute atomic E-state index is 0.109. The van der Waals surface area contributed by atoms with Crippen LogP contribution in [0.4, 0.5) is 0 Å². The van der Waals surface area contributed by atoms with Gasteiger partial charge in [0.15, 0.2) is 0 Å². The van der Waals surface area contributed by atoms with Crippen molar-refractivity contribution >= 4 is 16.7 Å². The molecule has 0 saturated heterocycles. The number of hydrogen-bond donors (Lipinski definition) is 0. The highest BCUT2D eigenvalue weighted by Gasteiger charge is 2.14. The zero-order chi connectivity index (χ0) is 13.3. The first-order chi connectivity index (χ1) is 8.56. The standard InChI is InChI=1S/C14H15NO3/c1-4-18-14(17)11-7-5-6-10-12(11)9(2)8-15(3)13(10)16/h5-8H,4H2,1-3H3. The first-order valence-corrected chi connectivity index (χ1v) is 5.82. The third-order valence-corrected chi connectivity index (χ3v) is 2.89. The molecule has 0 unspecified atom stereocenters. The maximum Gasteiger partial charge on any atom is 0.338 e. The first kappa shape index (κ1) is 12.4. The van der Waals surface area contributed by atoms with E-state index in [2.05, 4.69) is 0 Å². The van der Waals surface area contributed by atoms with E-state index in [0.717, 1.165) is 5.56 Å². The summed E-state index contributed by atoms with van der Waals surface area (Å²) in [6, 6.07) is 5.12. The molecule has 2 aromatic rings. The van der Waals surface area contributed by atoms with Gasteiger partial charge >= 0.3 is 5.97 Å². The minimum Gasteiger partial charge on any atom is -0.462 e. The molecule has 0 saturated carbocycles. The molecule has 0 aliphatic carbocycles. The van der Waals surface area contributed by atoms with Crippen LogP contribution < -0.4 is 5.56 Å². The largest absolute Gasteiger partial charge is 0.462 e. The lowest BCUT2D eigenvalue weighted by molar-refractivity contribution is 0.0528. The quantitative estimate of drug-likeness (QED) is 0.760. The summed E-state index contributed by atoms with van der Waals surface area (Å²) in [6.07, 6.45) is 1.73. The molecule has 0 fully saturated rings. The van der Waals surface area contributed by atoms with E-state index in [9.17, 15) is 9.59 Å². The second-order valence-electron chi connectivity index (χ2n) is 4.18. The monoisotopic (exact) mass is 245 g/mol. The fourth-order valence-electron chi connectivity index (χ4n) is 2.14. The van der Waals surface area contributed by atoms with Crippen molar-refractivity contribution in [1.82, 2.24) is 4.57 Å². The molecule has 0 atom stereocenters. The van der Waals surface area contributed by atoms with Gasteiger partial charge in [-0.25, -0.2) is 4.79 Å². The second-order valence-corrected chi connectivity index (χ2v) is 4.18. The van der Waals surface area contributed by atoms with Gasteiger partial charge < -0.3 is 9.30 Å². The Hall–Kier alpha value is -2.10. The van der Waals surface area contributed by atoms with Crippen molar-refractivity contribution in [2.24, 2.45) is 7.05 Å². The molecule has 4 heteroatoms. The van der Waals surface area contributed by atoms with Crippen molar-refractivity contribution in [3.63, 3.8) is 0 Å². The fraction of sp³-hybridized carbons (Fsp3) is 0.286. The lowest BCUT2D eigenvalue weighted by Gasteiger charge is -2.10. The molecule has 2 rings (SSSR count). The van der Waals surface area contributed by atoms with Crippen LogP contribution >= 0.6 is 0 Å². The van der Waals surface area contributed by atoms with Crippen molar-refractivity contribution in [2.75, 3.05) is 6.61 Å². The summed E-state index contributed by atoms with van der Waals surface area (Å²) in [5.41, 5.74) is 1.22. The number of ether oxygens (including phenoxy) is 1. The molecule has 0 amide bonds. The first-order valence-electron chi connectivity index (χ1n) is 5.82. The molecular weight excluding hydrogens is 230 g/mol. The number of carbonyl (C=O) groups excluding carboxylic acids is 1. The van der Waals surface area contributed by atoms with E-state index < -0.39 is 0 Å². The lowest BCUT2D eigenvalue weighted by atomic mass is 10.0. The number of aryl methyl sites for hydroxylation is 2. The predicted octanol–water partition coefficient (Wildman–Crippen LogP) is 2.02. The number of carbonyl (C=O) groups is 1. The fourth-order valence-corrected chi connectivity index (χ4v) is 2.14. The van der Waals surface area contributed by atoms with E-state index in [1.54, 1.807) is 38.4 Å². The van der Waals surface area contributed by atoms with E-state index in [1.165, 1.54) is 4.57 Å². The normalized spacial score (nSPS) is 10.6. The summed E-state index contributed by atoms with van der Waals surface area (Å²) >= 11 is 0. The molecule has 94 valence electrons. The maximum atomic E-state index is 12.0. The Morgan fingerprint density at radius 1 is 1.39 bits per heavy atom. The Kier molecular flexibility index (Phi) is 3.19. The molecule has 0 aliphatic heterocycles. The van der Waals surface area contributed by atoms with E-state index >= 15 is 0 Å². The Morgan fingerprint density at radius 2 is 2.11 bits per heavy atom. The average molecular weight is 245 g/mol. The predicted molar refractivity (Wildman–Crippen MR) is 69.9 cm³/mol. The van der Waals surface area contributed by atoms with Crippen LogP contribution in [-0.4, -0.2) is 17.1 Å². The number of rotatable bonds is 2. The molecule has 1 aromatic carbocycles. The summed E-state index contributed by atoms with van der Waals surface area (Å²) in [5, 5.41) is 1.22. The zero-order valence-electron chi connectivity index (χ0n) is 10.7. The Bertz CT molecular complexity index is 671. The van der Waals surface area contributed by atoms with Crippen molar-refractivity contribution in [3.05, 3.63) is 45.9 Å². The van der Waals surface area contributed by atoms with Gasteiger partial charge in [0, 0.05) is 24.0 Å². The minimum atomic E-state index is -0.389. The number of nitrogens with zero attached hydrogens (tertiary/aromatic N) is 1. The van der Waals surface area contributed by atoms with Crippen LogP contribution in [0.2, 0.25) is 0 Å². The Morgan fingerprint density at radius 3 is 2.78 bits per heavy atom. The number of hydrogen-bond acceptors (Lipinski definition) is 3. The zero-order valence-corrected chi connectivity index (χ0v) is 10.7. The smallest absolute Gasteiger partial charge is 0.338 e. The Balaban J connectivity index is 2.82. The van der Waals surface area contributed by atoms with Gasteiger partial charge in [-0.05, 0) is 31.5 Å². The highest BCUT2D eigenvalue weighted by Crippen LogP contribution is 2.20. The number of esters is 1. The van der Waals surface area contributed by atoms with Crippen molar-refractivity contribution in [1.29, 1.82) is 0 Å². The van der Waals surface area contributed by atoms with Gasteiger partial charge in [0.05, 0.1) is 12.2 Å². The molecule has 4 nitrogen and oxygen atoms in total. The van der Waals surface area contributed by atoms with Gasteiger partial charge in [-0.3, -0.25) is 4.79 Å². The van der Waals surface area contributed by atoms with Crippen LogP contribution in [0.3, 0.4) is 0 Å². The molecule has 0 radical (unpaired) electrons. The molecule has 1 heterocycles. The molecule has 0 bridgehead atoms. The molecule has 18 heavy (non-hydrogen) atoms. The summed E-state index contributed by atoms with van der Waals surface area (Å²) in [7, 11) is 1.70. The van der Waals surface area contributed by atoms with E-state index in [4.69, 9.17) is 4.74 Å². The molecule has 0 N–H and O–H groups in total. The lowest BCUT2D eigenvalue weighted by Crippen LogP contribution is -2.18. The molecular formula is C14H15NO3. The number of aromatic nitrogens is 1. The van der Waals surface area contributed by atoms with Gasteiger partial charge in [0.25, 0.3) is 5.56 Å². The second kappa shape index (κ2) is 4.64. The third-order valence-electron chi connectivity index (χ3n) is 2.89. The highest BCUT2D eigenvalue weighted by molar-refractivity contribution is 6.05. The maximum absolute atomic E-state index is 12.0. The topological polar surface area (TPSA) is 48.3 Å². The SMILES string of the molecule is CCOC(=O)c1cccc2c(=O)n(C)cc(C)c12. The van der Waals surface area contributed by atoms with Crippen LogP contribution in [0, 0.1) is 6.92 Å². The van der Waals surface area contributed by atoms with Gasteiger partial charge in [-0.2, -0.15) is 0 Å². The Labute approximate surface area is 105 Å². The van der Waals surface area contributed by atoms with Crippen molar-refractivity contribution < 1.29 is 9.53 Å². The van der Waals surface area contributed by atoms with Crippen molar-refractivity contribution in [3.8, 4) is 0 Å². The van der Waals surface area contributed by atoms with Gasteiger partial charge in [0.2, 0.25) is 0 Å². The van der Waals surface area contributed by atoms with E-state index in [0.29, 0.717) is 22.9 Å². The highest BCUT2D eigenvalue weighted by atomic mass is 16.5. The number of benzene rings is 1. The van der Waals surface area contributed by atoms with Crippen LogP contribution in [0.15, 0.2) is 29.2 Å². The number of fused-ring (bicyclic) bond motifs is 1. The third kappa shape index (κ3) is 1.90. The average Bonchev–Trinajstić information content (AvgIpc) is 2.35. The summed E-state index contributed by atoms with van der Waals surface area (Å²) in [6.45, 7) is 3.96. The summed E-state index contributed by atoms with van der Waals surface area (Å²) < 4.78 is 6.53. The van der Waals surface area contributed by atoms with Gasteiger partial charge in [0.1, 0.15) is 0 Å². The number of pyridine rings is 1. The van der Waals surface area contributed by atoms with E-state index in [1.807, 2.05) is 6.92 Å². The molecule has 0 spiro atoms. The molecule has 0 aliphatic rings. The van der Waals surface area contributed by atoms with Crippen molar-refractivity contribution in [2.45, 2.75) is 13.8 Å². The van der Waals surface area contributed by atoms with Crippen LogP contribution in [-0.2, 0) is 11.8 Å². The van der Waals surface area contributed by atoms with Crippen LogP contribution in [0.5, 0.6) is 0 Å². The van der Waals surface area contributed by atoms with E-state index in [-0.39, 0.29) is 11.5 Å². The summed E-state index contributed by atoms with van der Waals surface area (Å²) in [5.74, 6) is -0.389. The van der Waals surface area contributed by atoms with Gasteiger partial charge in [-0.1, -0.05) is 6.07 Å². The molecule has 1 aromatic heterocycles. The van der Waals surface area contributed by atoms with Crippen LogP contribution in [0.1, 0.15) is 22.8 Å². The van der Waals surface area contributed by atoms with Gasteiger partial charge in [-0.15, -0.1) is 0 Å².